The zero-order valence-electron chi connectivity index (χ0n) is 15.1. The van der Waals surface area contributed by atoms with Crippen LogP contribution in [0.1, 0.15) is 18.1 Å². The predicted octanol–water partition coefficient (Wildman–Crippen LogP) is 4.33. The van der Waals surface area contributed by atoms with Crippen LogP contribution in [0.4, 0.5) is 5.82 Å². The van der Waals surface area contributed by atoms with E-state index < -0.39 is 0 Å². The van der Waals surface area contributed by atoms with Gasteiger partial charge in [-0.15, -0.1) is 24.0 Å². The molecule has 0 aliphatic carbocycles. The lowest BCUT2D eigenvalue weighted by Crippen LogP contribution is -2.36. The molecule has 5 nitrogen and oxygen atoms in total. The Morgan fingerprint density at radius 2 is 1.92 bits per heavy atom. The number of hydrogen-bond acceptors (Lipinski definition) is 3. The largest absolute Gasteiger partial charge is 0.363 e. The van der Waals surface area contributed by atoms with Crippen LogP contribution in [0, 0.1) is 0 Å². The second-order valence-corrected chi connectivity index (χ2v) is 6.54. The second kappa shape index (κ2) is 11.5. The predicted molar refractivity (Wildman–Crippen MR) is 122 cm³/mol. The molecule has 0 aliphatic heterocycles. The molecule has 0 saturated carbocycles. The summed E-state index contributed by atoms with van der Waals surface area (Å²) in [6, 6.07) is 9.48. The number of guanidine groups is 1. The monoisotopic (exact) mass is 507 g/mol. The van der Waals surface area contributed by atoms with E-state index in [0.717, 1.165) is 29.4 Å². The van der Waals surface area contributed by atoms with E-state index >= 15 is 0 Å². The molecule has 0 saturated heterocycles. The summed E-state index contributed by atoms with van der Waals surface area (Å²) in [5.41, 5.74) is 2.07. The summed E-state index contributed by atoms with van der Waals surface area (Å²) in [6.07, 6.45) is 1.80. The maximum atomic E-state index is 6.21. The number of halogens is 3. The summed E-state index contributed by atoms with van der Waals surface area (Å²) in [6.45, 7) is 3.94. The number of aromatic nitrogens is 1. The highest BCUT2D eigenvalue weighted by Gasteiger charge is 2.04. The first-order chi connectivity index (χ1) is 12.0. The number of anilines is 1. The van der Waals surface area contributed by atoms with Gasteiger partial charge in [0.05, 0.1) is 6.54 Å². The van der Waals surface area contributed by atoms with Crippen LogP contribution in [-0.4, -0.2) is 31.6 Å². The molecule has 0 amide bonds. The van der Waals surface area contributed by atoms with E-state index in [-0.39, 0.29) is 24.0 Å². The summed E-state index contributed by atoms with van der Waals surface area (Å²) >= 11 is 12.1. The van der Waals surface area contributed by atoms with Gasteiger partial charge in [0.25, 0.3) is 0 Å². The summed E-state index contributed by atoms with van der Waals surface area (Å²) in [4.78, 5) is 10.9. The minimum Gasteiger partial charge on any atom is -0.363 e. The van der Waals surface area contributed by atoms with Gasteiger partial charge in [-0.3, -0.25) is 0 Å². The number of pyridine rings is 1. The van der Waals surface area contributed by atoms with Crippen LogP contribution in [0.2, 0.25) is 10.0 Å². The van der Waals surface area contributed by atoms with Gasteiger partial charge in [0.15, 0.2) is 5.96 Å². The number of nitrogens with one attached hydrogen (secondary N) is 2. The average Bonchev–Trinajstić information content (AvgIpc) is 2.59. The van der Waals surface area contributed by atoms with E-state index in [1.165, 1.54) is 0 Å². The second-order valence-electron chi connectivity index (χ2n) is 5.70. The molecule has 8 heteroatoms. The van der Waals surface area contributed by atoms with E-state index in [0.29, 0.717) is 23.1 Å². The van der Waals surface area contributed by atoms with Gasteiger partial charge < -0.3 is 15.5 Å². The summed E-state index contributed by atoms with van der Waals surface area (Å²) in [7, 11) is 3.94. The number of hydrogen-bond donors (Lipinski definition) is 2. The molecule has 1 aromatic heterocycles. The fourth-order valence-corrected chi connectivity index (χ4v) is 2.63. The van der Waals surface area contributed by atoms with Crippen molar-refractivity contribution in [2.24, 2.45) is 4.99 Å². The van der Waals surface area contributed by atoms with Crippen LogP contribution in [0.25, 0.3) is 0 Å². The highest BCUT2D eigenvalue weighted by atomic mass is 127. The molecule has 2 rings (SSSR count). The third-order valence-electron chi connectivity index (χ3n) is 3.49. The van der Waals surface area contributed by atoms with Gasteiger partial charge >= 0.3 is 0 Å². The normalized spacial score (nSPS) is 10.9. The molecule has 1 heterocycles. The van der Waals surface area contributed by atoms with Crippen molar-refractivity contribution in [1.82, 2.24) is 15.6 Å². The van der Waals surface area contributed by atoms with Crippen molar-refractivity contribution >= 4 is 59.0 Å². The fourth-order valence-electron chi connectivity index (χ4n) is 2.16. The first-order valence-electron chi connectivity index (χ1n) is 8.08. The minimum atomic E-state index is 0. The Balaban J connectivity index is 0.00000338. The van der Waals surface area contributed by atoms with Crippen LogP contribution in [0.5, 0.6) is 0 Å². The Kier molecular flexibility index (Phi) is 10.0. The Labute approximate surface area is 182 Å². The Morgan fingerprint density at radius 3 is 2.58 bits per heavy atom. The molecule has 2 N–H and O–H groups in total. The lowest BCUT2D eigenvalue weighted by molar-refractivity contribution is 0.816. The van der Waals surface area contributed by atoms with Crippen LogP contribution in [0.15, 0.2) is 41.5 Å². The van der Waals surface area contributed by atoms with Gasteiger partial charge in [0.1, 0.15) is 5.82 Å². The molecule has 0 fully saturated rings. The van der Waals surface area contributed by atoms with E-state index in [1.54, 1.807) is 12.3 Å². The van der Waals surface area contributed by atoms with E-state index in [9.17, 15) is 0 Å². The molecular formula is C18H24Cl2IN5. The highest BCUT2D eigenvalue weighted by Crippen LogP contribution is 2.20. The molecule has 142 valence electrons. The average molecular weight is 508 g/mol. The Hall–Kier alpha value is -1.25. The SMILES string of the molecule is CCNC(=NCc1ccnc(N(C)C)c1)NCc1ccc(Cl)cc1Cl.I. The quantitative estimate of drug-likeness (QED) is 0.347. The van der Waals surface area contributed by atoms with E-state index in [2.05, 4.69) is 20.6 Å². The molecule has 26 heavy (non-hydrogen) atoms. The van der Waals surface area contributed by atoms with Gasteiger partial charge in [-0.1, -0.05) is 29.3 Å². The smallest absolute Gasteiger partial charge is 0.191 e. The van der Waals surface area contributed by atoms with Crippen molar-refractivity contribution in [2.75, 3.05) is 25.5 Å². The first kappa shape index (κ1) is 22.8. The van der Waals surface area contributed by atoms with Gasteiger partial charge in [0.2, 0.25) is 0 Å². The summed E-state index contributed by atoms with van der Waals surface area (Å²) in [5.74, 6) is 1.65. The maximum absolute atomic E-state index is 6.21. The Bertz CT molecular complexity index is 737. The van der Waals surface area contributed by atoms with Crippen LogP contribution in [0.3, 0.4) is 0 Å². The molecule has 0 radical (unpaired) electrons. The van der Waals surface area contributed by atoms with Crippen LogP contribution in [-0.2, 0) is 13.1 Å². The van der Waals surface area contributed by atoms with Gasteiger partial charge in [-0.05, 0) is 42.3 Å². The number of rotatable bonds is 6. The van der Waals surface area contributed by atoms with Gasteiger partial charge in [0, 0.05) is 43.4 Å². The van der Waals surface area contributed by atoms with Gasteiger partial charge in [-0.2, -0.15) is 0 Å². The number of nitrogens with zero attached hydrogens (tertiary/aromatic N) is 3. The molecule has 0 atom stereocenters. The van der Waals surface area contributed by atoms with Crippen molar-refractivity contribution in [3.05, 3.63) is 57.7 Å². The molecule has 0 bridgehead atoms. The lowest BCUT2D eigenvalue weighted by atomic mass is 10.2. The zero-order chi connectivity index (χ0) is 18.2. The fraction of sp³-hybridized carbons (Fsp3) is 0.333. The lowest BCUT2D eigenvalue weighted by Gasteiger charge is -2.13. The number of aliphatic imine (C=N–C) groups is 1. The van der Waals surface area contributed by atoms with E-state index in [1.807, 2.05) is 50.2 Å². The molecule has 2 aromatic rings. The highest BCUT2D eigenvalue weighted by molar-refractivity contribution is 14.0. The van der Waals surface area contributed by atoms with Crippen LogP contribution >= 0.6 is 47.2 Å². The first-order valence-corrected chi connectivity index (χ1v) is 8.83. The summed E-state index contributed by atoms with van der Waals surface area (Å²) in [5, 5.41) is 7.79. The Morgan fingerprint density at radius 1 is 1.15 bits per heavy atom. The third-order valence-corrected chi connectivity index (χ3v) is 4.08. The van der Waals surface area contributed by atoms with E-state index in [4.69, 9.17) is 23.2 Å². The van der Waals surface area contributed by atoms with Crippen molar-refractivity contribution in [1.29, 1.82) is 0 Å². The molecule has 0 spiro atoms. The molecule has 1 aromatic carbocycles. The molecule has 0 aliphatic rings. The standard InChI is InChI=1S/C18H23Cl2N5.HI/c1-4-21-18(24-12-14-5-6-15(19)10-16(14)20)23-11-13-7-8-22-17(9-13)25(2)3;/h5-10H,4,11-12H2,1-3H3,(H2,21,23,24);1H. The van der Waals surface area contributed by atoms with Crippen molar-refractivity contribution < 1.29 is 0 Å². The minimum absolute atomic E-state index is 0. The van der Waals surface area contributed by atoms with Crippen molar-refractivity contribution in [2.45, 2.75) is 20.0 Å². The number of benzene rings is 1. The molecular weight excluding hydrogens is 484 g/mol. The van der Waals surface area contributed by atoms with Crippen LogP contribution < -0.4 is 15.5 Å². The summed E-state index contributed by atoms with van der Waals surface area (Å²) < 4.78 is 0. The maximum Gasteiger partial charge on any atom is 0.191 e. The van der Waals surface area contributed by atoms with Gasteiger partial charge in [-0.25, -0.2) is 9.98 Å². The third kappa shape index (κ3) is 7.17. The van der Waals surface area contributed by atoms with Crippen molar-refractivity contribution in [3.63, 3.8) is 0 Å². The van der Waals surface area contributed by atoms with Crippen molar-refractivity contribution in [3.8, 4) is 0 Å². The molecule has 0 unspecified atom stereocenters. The topological polar surface area (TPSA) is 52.6 Å². The zero-order valence-corrected chi connectivity index (χ0v) is 18.9.